The van der Waals surface area contributed by atoms with Gasteiger partial charge in [0, 0.05) is 19.6 Å². The SMILES string of the molecule is CC(C)CC1C(=O)NCCN1CC1CCNCC1. The van der Waals surface area contributed by atoms with E-state index in [1.165, 1.54) is 12.8 Å². The molecular weight excluding hydrogens is 226 g/mol. The Morgan fingerprint density at radius 1 is 1.28 bits per heavy atom. The molecule has 2 N–H and O–H groups in total. The molecule has 0 bridgehead atoms. The molecule has 2 saturated heterocycles. The molecule has 4 heteroatoms. The minimum atomic E-state index is 0.105. The second-order valence-electron chi connectivity index (χ2n) is 6.12. The van der Waals surface area contributed by atoms with Gasteiger partial charge in [0.25, 0.3) is 0 Å². The third kappa shape index (κ3) is 3.69. The molecule has 4 nitrogen and oxygen atoms in total. The van der Waals surface area contributed by atoms with Gasteiger partial charge in [-0.15, -0.1) is 0 Å². The average molecular weight is 253 g/mol. The van der Waals surface area contributed by atoms with Gasteiger partial charge in [-0.25, -0.2) is 0 Å². The molecule has 104 valence electrons. The molecule has 2 heterocycles. The molecule has 1 atom stereocenters. The van der Waals surface area contributed by atoms with Crippen molar-refractivity contribution in [1.29, 1.82) is 0 Å². The van der Waals surface area contributed by atoms with Gasteiger partial charge in [-0.3, -0.25) is 9.69 Å². The summed E-state index contributed by atoms with van der Waals surface area (Å²) in [5, 5.41) is 6.42. The molecular formula is C14H27N3O. The van der Waals surface area contributed by atoms with Gasteiger partial charge >= 0.3 is 0 Å². The number of hydrogen-bond donors (Lipinski definition) is 2. The Kier molecular flexibility index (Phi) is 5.01. The summed E-state index contributed by atoms with van der Waals surface area (Å²) < 4.78 is 0. The Balaban J connectivity index is 1.91. The first-order chi connectivity index (χ1) is 8.66. The molecule has 0 aromatic rings. The maximum Gasteiger partial charge on any atom is 0.237 e. The van der Waals surface area contributed by atoms with E-state index in [0.717, 1.165) is 45.1 Å². The van der Waals surface area contributed by atoms with Crippen LogP contribution in [0.2, 0.25) is 0 Å². The molecule has 0 spiro atoms. The molecule has 1 amide bonds. The predicted molar refractivity (Wildman–Crippen MR) is 73.4 cm³/mol. The predicted octanol–water partition coefficient (Wildman–Crippen LogP) is 0.833. The van der Waals surface area contributed by atoms with Gasteiger partial charge < -0.3 is 10.6 Å². The van der Waals surface area contributed by atoms with Gasteiger partial charge in [-0.1, -0.05) is 13.8 Å². The minimum absolute atomic E-state index is 0.105. The fourth-order valence-electron chi connectivity index (χ4n) is 3.08. The van der Waals surface area contributed by atoms with Crippen LogP contribution >= 0.6 is 0 Å². The zero-order valence-electron chi connectivity index (χ0n) is 11.7. The Bertz CT molecular complexity index is 274. The van der Waals surface area contributed by atoms with Crippen LogP contribution in [0.3, 0.4) is 0 Å². The monoisotopic (exact) mass is 253 g/mol. The van der Waals surface area contributed by atoms with Crippen LogP contribution < -0.4 is 10.6 Å². The van der Waals surface area contributed by atoms with Crippen molar-refractivity contribution in [3.05, 3.63) is 0 Å². The zero-order valence-corrected chi connectivity index (χ0v) is 11.7. The highest BCUT2D eigenvalue weighted by Crippen LogP contribution is 2.19. The lowest BCUT2D eigenvalue weighted by Crippen LogP contribution is -2.57. The van der Waals surface area contributed by atoms with E-state index in [2.05, 4.69) is 29.4 Å². The van der Waals surface area contributed by atoms with E-state index in [-0.39, 0.29) is 11.9 Å². The maximum absolute atomic E-state index is 12.0. The van der Waals surface area contributed by atoms with E-state index >= 15 is 0 Å². The maximum atomic E-state index is 12.0. The number of carbonyl (C=O) groups excluding carboxylic acids is 1. The van der Waals surface area contributed by atoms with Crippen LogP contribution in [-0.4, -0.2) is 49.6 Å². The molecule has 1 unspecified atom stereocenters. The molecule has 0 aromatic carbocycles. The summed E-state index contributed by atoms with van der Waals surface area (Å²) in [4.78, 5) is 14.4. The molecule has 0 aromatic heterocycles. The summed E-state index contributed by atoms with van der Waals surface area (Å²) in [5.74, 6) is 1.59. The van der Waals surface area contributed by atoms with E-state index in [1.807, 2.05) is 0 Å². The van der Waals surface area contributed by atoms with E-state index in [9.17, 15) is 4.79 Å². The van der Waals surface area contributed by atoms with Crippen LogP contribution in [-0.2, 0) is 4.79 Å². The quantitative estimate of drug-likeness (QED) is 0.780. The Labute approximate surface area is 110 Å². The number of carbonyl (C=O) groups is 1. The third-order valence-electron chi connectivity index (χ3n) is 4.09. The molecule has 0 aliphatic carbocycles. The van der Waals surface area contributed by atoms with Gasteiger partial charge in [0.2, 0.25) is 5.91 Å². The molecule has 0 radical (unpaired) electrons. The summed E-state index contributed by atoms with van der Waals surface area (Å²) >= 11 is 0. The summed E-state index contributed by atoms with van der Waals surface area (Å²) in [5.41, 5.74) is 0. The lowest BCUT2D eigenvalue weighted by Gasteiger charge is -2.38. The van der Waals surface area contributed by atoms with Crippen LogP contribution in [0.1, 0.15) is 33.1 Å². The molecule has 2 aliphatic heterocycles. The van der Waals surface area contributed by atoms with Crippen LogP contribution in [0, 0.1) is 11.8 Å². The fourth-order valence-corrected chi connectivity index (χ4v) is 3.08. The van der Waals surface area contributed by atoms with Crippen LogP contribution in [0.5, 0.6) is 0 Å². The highest BCUT2D eigenvalue weighted by molar-refractivity contribution is 5.82. The number of amides is 1. The molecule has 2 fully saturated rings. The molecule has 0 saturated carbocycles. The van der Waals surface area contributed by atoms with Crippen molar-refractivity contribution in [1.82, 2.24) is 15.5 Å². The third-order valence-corrected chi connectivity index (χ3v) is 4.09. The second kappa shape index (κ2) is 6.53. The van der Waals surface area contributed by atoms with Gasteiger partial charge in [0.1, 0.15) is 0 Å². The van der Waals surface area contributed by atoms with Crippen LogP contribution in [0.15, 0.2) is 0 Å². The first kappa shape index (κ1) is 13.8. The standard InChI is InChI=1S/C14H27N3O/c1-11(2)9-13-14(18)16-7-8-17(13)10-12-3-5-15-6-4-12/h11-13,15H,3-10H2,1-2H3,(H,16,18). The number of nitrogens with zero attached hydrogens (tertiary/aromatic N) is 1. The van der Waals surface area contributed by atoms with E-state index in [4.69, 9.17) is 0 Å². The average Bonchev–Trinajstić information content (AvgIpc) is 2.34. The van der Waals surface area contributed by atoms with Crippen molar-refractivity contribution >= 4 is 5.91 Å². The highest BCUT2D eigenvalue weighted by Gasteiger charge is 2.31. The van der Waals surface area contributed by atoms with Gasteiger partial charge in [0.15, 0.2) is 0 Å². The molecule has 2 rings (SSSR count). The van der Waals surface area contributed by atoms with Gasteiger partial charge in [-0.2, -0.15) is 0 Å². The summed E-state index contributed by atoms with van der Waals surface area (Å²) in [6.45, 7) is 9.62. The minimum Gasteiger partial charge on any atom is -0.353 e. The van der Waals surface area contributed by atoms with Crippen molar-refractivity contribution in [2.24, 2.45) is 11.8 Å². The largest absolute Gasteiger partial charge is 0.353 e. The van der Waals surface area contributed by atoms with Crippen molar-refractivity contribution < 1.29 is 4.79 Å². The van der Waals surface area contributed by atoms with Crippen LogP contribution in [0.25, 0.3) is 0 Å². The Morgan fingerprint density at radius 2 is 2.00 bits per heavy atom. The molecule has 2 aliphatic rings. The fraction of sp³-hybridized carbons (Fsp3) is 0.929. The van der Waals surface area contributed by atoms with E-state index in [0.29, 0.717) is 5.92 Å². The first-order valence-corrected chi connectivity index (χ1v) is 7.39. The van der Waals surface area contributed by atoms with Crippen molar-refractivity contribution in [3.8, 4) is 0 Å². The number of nitrogens with one attached hydrogen (secondary N) is 2. The lowest BCUT2D eigenvalue weighted by molar-refractivity contribution is -0.130. The van der Waals surface area contributed by atoms with E-state index in [1.54, 1.807) is 0 Å². The summed E-state index contributed by atoms with van der Waals surface area (Å²) in [6.07, 6.45) is 3.50. The van der Waals surface area contributed by atoms with Crippen molar-refractivity contribution in [2.75, 3.05) is 32.7 Å². The number of piperidine rings is 1. The number of rotatable bonds is 4. The zero-order chi connectivity index (χ0) is 13.0. The smallest absolute Gasteiger partial charge is 0.237 e. The number of hydrogen-bond acceptors (Lipinski definition) is 3. The van der Waals surface area contributed by atoms with Crippen molar-refractivity contribution in [2.45, 2.75) is 39.2 Å². The number of piperazine rings is 1. The summed E-state index contributed by atoms with van der Waals surface area (Å²) in [7, 11) is 0. The van der Waals surface area contributed by atoms with Gasteiger partial charge in [0.05, 0.1) is 6.04 Å². The first-order valence-electron chi connectivity index (χ1n) is 7.39. The lowest BCUT2D eigenvalue weighted by atomic mass is 9.94. The van der Waals surface area contributed by atoms with Gasteiger partial charge in [-0.05, 0) is 44.2 Å². The Hall–Kier alpha value is -0.610. The van der Waals surface area contributed by atoms with Crippen molar-refractivity contribution in [3.63, 3.8) is 0 Å². The highest BCUT2D eigenvalue weighted by atomic mass is 16.2. The summed E-state index contributed by atoms with van der Waals surface area (Å²) in [6, 6.07) is 0.105. The normalized spacial score (nSPS) is 27.5. The topological polar surface area (TPSA) is 44.4 Å². The molecule has 18 heavy (non-hydrogen) atoms. The van der Waals surface area contributed by atoms with Crippen LogP contribution in [0.4, 0.5) is 0 Å². The Morgan fingerprint density at radius 3 is 2.67 bits per heavy atom. The van der Waals surface area contributed by atoms with E-state index < -0.39 is 0 Å². The second-order valence-corrected chi connectivity index (χ2v) is 6.12.